The van der Waals surface area contributed by atoms with Crippen LogP contribution in [0.25, 0.3) is 0 Å². The zero-order valence-corrected chi connectivity index (χ0v) is 11.2. The summed E-state index contributed by atoms with van der Waals surface area (Å²) in [5.74, 6) is 1.49. The third kappa shape index (κ3) is 1.02. The van der Waals surface area contributed by atoms with Crippen LogP contribution in [0.3, 0.4) is 0 Å². The second kappa shape index (κ2) is 2.85. The van der Waals surface area contributed by atoms with Gasteiger partial charge in [-0.25, -0.2) is 0 Å². The summed E-state index contributed by atoms with van der Waals surface area (Å²) >= 11 is 0. The van der Waals surface area contributed by atoms with Crippen LogP contribution in [0.2, 0.25) is 0 Å². The normalized spacial score (nSPS) is 58.7. The first kappa shape index (κ1) is 11.1. The van der Waals surface area contributed by atoms with Crippen LogP contribution in [0.15, 0.2) is 0 Å². The first-order chi connectivity index (χ1) is 7.33. The van der Waals surface area contributed by atoms with E-state index in [4.69, 9.17) is 0 Å². The van der Waals surface area contributed by atoms with E-state index in [1.807, 2.05) is 0 Å². The second-order valence-corrected chi connectivity index (χ2v) is 7.87. The Hall–Kier alpha value is -0.0400. The first-order valence-electron chi connectivity index (χ1n) is 7.01. The third-order valence-corrected chi connectivity index (χ3v) is 6.56. The maximum atomic E-state index is 10.8. The predicted molar refractivity (Wildman–Crippen MR) is 66.1 cm³/mol. The zero-order chi connectivity index (χ0) is 11.8. The Balaban J connectivity index is 2.12. The van der Waals surface area contributed by atoms with Gasteiger partial charge in [0.1, 0.15) is 0 Å². The van der Waals surface area contributed by atoms with Gasteiger partial charge in [-0.2, -0.15) is 0 Å². The topological polar surface area (TPSA) is 20.2 Å². The van der Waals surface area contributed by atoms with Crippen molar-refractivity contribution in [3.05, 3.63) is 0 Å². The third-order valence-electron chi connectivity index (χ3n) is 6.56. The van der Waals surface area contributed by atoms with E-state index < -0.39 is 0 Å². The van der Waals surface area contributed by atoms with Gasteiger partial charge < -0.3 is 5.11 Å². The van der Waals surface area contributed by atoms with E-state index in [-0.39, 0.29) is 16.9 Å². The van der Waals surface area contributed by atoms with Crippen LogP contribution in [0.5, 0.6) is 0 Å². The number of hydrogen-bond acceptors (Lipinski definition) is 1. The average molecular weight is 222 g/mol. The lowest BCUT2D eigenvalue weighted by Crippen LogP contribution is -2.54. The highest BCUT2D eigenvalue weighted by molar-refractivity contribution is 5.18. The lowest BCUT2D eigenvalue weighted by molar-refractivity contribution is -0.138. The maximum Gasteiger partial charge on any atom is 0.0655 e. The molecule has 3 aliphatic carbocycles. The van der Waals surface area contributed by atoms with E-state index in [1.54, 1.807) is 0 Å². The van der Waals surface area contributed by atoms with Gasteiger partial charge in [-0.15, -0.1) is 0 Å². The van der Waals surface area contributed by atoms with E-state index in [1.165, 1.54) is 32.1 Å². The number of rotatable bonds is 0. The molecule has 0 aromatic carbocycles. The van der Waals surface area contributed by atoms with Crippen molar-refractivity contribution in [2.75, 3.05) is 0 Å². The Morgan fingerprint density at radius 1 is 1.06 bits per heavy atom. The summed E-state index contributed by atoms with van der Waals surface area (Å²) < 4.78 is 0. The van der Waals surface area contributed by atoms with Crippen LogP contribution in [-0.4, -0.2) is 11.2 Å². The molecule has 3 fully saturated rings. The van der Waals surface area contributed by atoms with Gasteiger partial charge in [-0.1, -0.05) is 27.7 Å². The Morgan fingerprint density at radius 3 is 2.44 bits per heavy atom. The molecule has 1 nitrogen and oxygen atoms in total. The second-order valence-electron chi connectivity index (χ2n) is 7.87. The summed E-state index contributed by atoms with van der Waals surface area (Å²) in [4.78, 5) is 0. The van der Waals surface area contributed by atoms with Gasteiger partial charge >= 0.3 is 0 Å². The number of aliphatic hydroxyl groups is 1. The van der Waals surface area contributed by atoms with Crippen LogP contribution >= 0.6 is 0 Å². The van der Waals surface area contributed by atoms with Crippen molar-refractivity contribution in [1.82, 2.24) is 0 Å². The van der Waals surface area contributed by atoms with E-state index in [9.17, 15) is 5.11 Å². The molecule has 1 heteroatoms. The molecular formula is C15H26O. The average Bonchev–Trinajstić information content (AvgIpc) is 2.59. The van der Waals surface area contributed by atoms with Gasteiger partial charge in [-0.05, 0) is 54.8 Å². The highest BCUT2D eigenvalue weighted by Gasteiger charge is 2.68. The summed E-state index contributed by atoms with van der Waals surface area (Å²) in [7, 11) is 0. The van der Waals surface area contributed by atoms with Crippen molar-refractivity contribution in [2.24, 2.45) is 28.1 Å². The standard InChI is InChI=1S/C15H26O/c1-10-5-6-11-13(2,3)9-14(4)7-8-15(10,11)12(14)16/h10-12,16H,5-9H2,1-4H3/t10-,11?,12+,14+,15+/m1/s1. The van der Waals surface area contributed by atoms with Crippen molar-refractivity contribution in [1.29, 1.82) is 0 Å². The Kier molecular flexibility index (Phi) is 1.98. The van der Waals surface area contributed by atoms with Crippen molar-refractivity contribution >= 4 is 0 Å². The summed E-state index contributed by atoms with van der Waals surface area (Å²) in [6.07, 6.45) is 6.40. The molecule has 0 radical (unpaired) electrons. The molecule has 1 unspecified atom stereocenters. The Bertz CT molecular complexity index is 321. The molecule has 5 atom stereocenters. The van der Waals surface area contributed by atoms with Crippen LogP contribution in [0, 0.1) is 28.1 Å². The Labute approximate surface area is 99.6 Å². The molecule has 1 spiro atoms. The highest BCUT2D eigenvalue weighted by atomic mass is 16.3. The fourth-order valence-electron chi connectivity index (χ4n) is 6.07. The van der Waals surface area contributed by atoms with Gasteiger partial charge in [0.15, 0.2) is 0 Å². The van der Waals surface area contributed by atoms with Crippen molar-refractivity contribution < 1.29 is 5.11 Å². The molecule has 3 rings (SSSR count). The number of fused-ring (bicyclic) bond motifs is 1. The van der Waals surface area contributed by atoms with Crippen LogP contribution < -0.4 is 0 Å². The molecule has 1 N–H and O–H groups in total. The van der Waals surface area contributed by atoms with Gasteiger partial charge in [0, 0.05) is 5.41 Å². The fourth-order valence-corrected chi connectivity index (χ4v) is 6.07. The summed E-state index contributed by atoms with van der Waals surface area (Å²) in [6, 6.07) is 0. The number of hydrogen-bond donors (Lipinski definition) is 1. The number of aliphatic hydroxyl groups excluding tert-OH is 1. The Morgan fingerprint density at radius 2 is 1.75 bits per heavy atom. The molecule has 2 bridgehead atoms. The molecule has 3 saturated carbocycles. The fraction of sp³-hybridized carbons (Fsp3) is 1.00. The molecule has 16 heavy (non-hydrogen) atoms. The van der Waals surface area contributed by atoms with Crippen molar-refractivity contribution in [3.63, 3.8) is 0 Å². The van der Waals surface area contributed by atoms with E-state index in [0.29, 0.717) is 5.41 Å². The minimum atomic E-state index is -0.0319. The van der Waals surface area contributed by atoms with E-state index in [0.717, 1.165) is 11.8 Å². The van der Waals surface area contributed by atoms with Crippen LogP contribution in [0.1, 0.15) is 59.8 Å². The van der Waals surface area contributed by atoms with Crippen LogP contribution in [-0.2, 0) is 0 Å². The monoisotopic (exact) mass is 222 g/mol. The minimum absolute atomic E-state index is 0.0319. The van der Waals surface area contributed by atoms with E-state index in [2.05, 4.69) is 27.7 Å². The molecule has 0 heterocycles. The first-order valence-corrected chi connectivity index (χ1v) is 7.01. The lowest BCUT2D eigenvalue weighted by Gasteiger charge is -2.55. The van der Waals surface area contributed by atoms with Crippen molar-refractivity contribution in [2.45, 2.75) is 65.9 Å². The molecule has 0 amide bonds. The minimum Gasteiger partial charge on any atom is -0.392 e. The molecular weight excluding hydrogens is 196 g/mol. The summed E-state index contributed by atoms with van der Waals surface area (Å²) in [5.41, 5.74) is 0.921. The smallest absolute Gasteiger partial charge is 0.0655 e. The van der Waals surface area contributed by atoms with Gasteiger partial charge in [0.25, 0.3) is 0 Å². The molecule has 0 aliphatic heterocycles. The highest BCUT2D eigenvalue weighted by Crippen LogP contribution is 2.72. The van der Waals surface area contributed by atoms with Gasteiger partial charge in [0.05, 0.1) is 6.10 Å². The molecule has 0 saturated heterocycles. The van der Waals surface area contributed by atoms with Gasteiger partial charge in [-0.3, -0.25) is 0 Å². The largest absolute Gasteiger partial charge is 0.392 e. The SMILES string of the molecule is C[C@@H]1CCC2C(C)(C)C[C@]3(C)CC[C@@]21[C@H]3O. The summed E-state index contributed by atoms with van der Waals surface area (Å²) in [5, 5.41) is 10.8. The quantitative estimate of drug-likeness (QED) is 0.664. The molecule has 3 aliphatic rings. The predicted octanol–water partition coefficient (Wildman–Crippen LogP) is 3.61. The molecule has 0 aromatic rings. The lowest BCUT2D eigenvalue weighted by atomic mass is 9.51. The summed E-state index contributed by atoms with van der Waals surface area (Å²) in [6.45, 7) is 9.60. The van der Waals surface area contributed by atoms with E-state index >= 15 is 0 Å². The van der Waals surface area contributed by atoms with Crippen LogP contribution in [0.4, 0.5) is 0 Å². The molecule has 92 valence electrons. The molecule has 0 aromatic heterocycles. The maximum absolute atomic E-state index is 10.8. The zero-order valence-electron chi connectivity index (χ0n) is 11.2. The van der Waals surface area contributed by atoms with Gasteiger partial charge in [0.2, 0.25) is 0 Å². The van der Waals surface area contributed by atoms with Crippen molar-refractivity contribution in [3.8, 4) is 0 Å².